The van der Waals surface area contributed by atoms with Crippen molar-refractivity contribution in [3.05, 3.63) is 0 Å². The van der Waals surface area contributed by atoms with Crippen LogP contribution in [0.5, 0.6) is 0 Å². The standard InChI is InChI=1S/C16H25IO2/c1-2-14(17)15(18)19-16(7-3-4-8-16)13-10-11-5-6-12(13)9-11/h11-14H,2-10H2,1H3. The van der Waals surface area contributed by atoms with Crippen molar-refractivity contribution in [3.63, 3.8) is 0 Å². The Morgan fingerprint density at radius 1 is 1.32 bits per heavy atom. The zero-order chi connectivity index (χ0) is 13.5. The molecule has 108 valence electrons. The van der Waals surface area contributed by atoms with Gasteiger partial charge >= 0.3 is 5.97 Å². The van der Waals surface area contributed by atoms with Gasteiger partial charge in [-0.2, -0.15) is 0 Å². The van der Waals surface area contributed by atoms with E-state index in [2.05, 4.69) is 29.5 Å². The highest BCUT2D eigenvalue weighted by atomic mass is 127. The molecule has 3 saturated carbocycles. The summed E-state index contributed by atoms with van der Waals surface area (Å²) in [7, 11) is 0. The topological polar surface area (TPSA) is 26.3 Å². The van der Waals surface area contributed by atoms with Crippen LogP contribution in [-0.2, 0) is 9.53 Å². The number of carbonyl (C=O) groups excluding carboxylic acids is 1. The van der Waals surface area contributed by atoms with Crippen LogP contribution in [0, 0.1) is 17.8 Å². The van der Waals surface area contributed by atoms with Gasteiger partial charge in [0.25, 0.3) is 0 Å². The molecule has 0 heterocycles. The summed E-state index contributed by atoms with van der Waals surface area (Å²) in [6, 6.07) is 0. The fourth-order valence-corrected chi connectivity index (χ4v) is 4.97. The minimum atomic E-state index is -0.0739. The summed E-state index contributed by atoms with van der Waals surface area (Å²) >= 11 is 2.24. The molecule has 3 rings (SSSR count). The van der Waals surface area contributed by atoms with Gasteiger partial charge < -0.3 is 4.74 Å². The molecule has 3 fully saturated rings. The third kappa shape index (κ3) is 2.56. The average molecular weight is 376 g/mol. The number of hydrogen-bond acceptors (Lipinski definition) is 2. The summed E-state index contributed by atoms with van der Waals surface area (Å²) in [6.45, 7) is 2.07. The van der Waals surface area contributed by atoms with Crippen LogP contribution in [0.4, 0.5) is 0 Å². The Bertz CT molecular complexity index is 349. The number of esters is 1. The Morgan fingerprint density at radius 3 is 2.58 bits per heavy atom. The summed E-state index contributed by atoms with van der Waals surface area (Å²) in [5.41, 5.74) is -0.0739. The number of fused-ring (bicyclic) bond motifs is 2. The first-order chi connectivity index (χ1) is 9.14. The lowest BCUT2D eigenvalue weighted by molar-refractivity contribution is -0.167. The van der Waals surface area contributed by atoms with Gasteiger partial charge in [-0.25, -0.2) is 0 Å². The highest BCUT2D eigenvalue weighted by Crippen LogP contribution is 2.57. The summed E-state index contributed by atoms with van der Waals surface area (Å²) in [5, 5.41) is 0. The monoisotopic (exact) mass is 376 g/mol. The average Bonchev–Trinajstić information content (AvgIpc) is 3.13. The minimum Gasteiger partial charge on any atom is -0.458 e. The lowest BCUT2D eigenvalue weighted by Crippen LogP contribution is -2.44. The zero-order valence-electron chi connectivity index (χ0n) is 11.9. The van der Waals surface area contributed by atoms with E-state index in [1.165, 1.54) is 38.5 Å². The summed E-state index contributed by atoms with van der Waals surface area (Å²) < 4.78 is 6.18. The molecule has 0 aromatic rings. The second kappa shape index (κ2) is 5.53. The Labute approximate surface area is 130 Å². The van der Waals surface area contributed by atoms with Gasteiger partial charge in [0, 0.05) is 5.92 Å². The van der Waals surface area contributed by atoms with E-state index in [0.29, 0.717) is 5.92 Å². The maximum atomic E-state index is 12.3. The molecule has 0 aromatic carbocycles. The number of halogens is 1. The molecule has 0 aromatic heterocycles. The van der Waals surface area contributed by atoms with Gasteiger partial charge in [-0.3, -0.25) is 4.79 Å². The second-order valence-corrected chi connectivity index (χ2v) is 8.35. The minimum absolute atomic E-state index is 0.0358. The van der Waals surface area contributed by atoms with Crippen LogP contribution in [0.3, 0.4) is 0 Å². The van der Waals surface area contributed by atoms with Gasteiger partial charge in [-0.05, 0) is 63.2 Å². The van der Waals surface area contributed by atoms with Crippen molar-refractivity contribution in [1.82, 2.24) is 0 Å². The SMILES string of the molecule is CCC(I)C(=O)OC1(C2CC3CCC2C3)CCCC1. The van der Waals surface area contributed by atoms with Crippen LogP contribution in [0.15, 0.2) is 0 Å². The Morgan fingerprint density at radius 2 is 2.05 bits per heavy atom. The lowest BCUT2D eigenvalue weighted by Gasteiger charge is -2.40. The molecule has 19 heavy (non-hydrogen) atoms. The summed E-state index contributed by atoms with van der Waals surface area (Å²) in [4.78, 5) is 12.3. The van der Waals surface area contributed by atoms with Crippen molar-refractivity contribution < 1.29 is 9.53 Å². The van der Waals surface area contributed by atoms with Gasteiger partial charge in [0.05, 0.1) is 0 Å². The molecule has 0 amide bonds. The molecule has 4 unspecified atom stereocenters. The summed E-state index contributed by atoms with van der Waals surface area (Å²) in [6.07, 6.45) is 11.2. The number of hydrogen-bond donors (Lipinski definition) is 0. The molecule has 3 aliphatic rings. The van der Waals surface area contributed by atoms with Gasteiger partial charge in [0.1, 0.15) is 9.53 Å². The maximum absolute atomic E-state index is 12.3. The van der Waals surface area contributed by atoms with Crippen LogP contribution >= 0.6 is 22.6 Å². The quantitative estimate of drug-likeness (QED) is 0.411. The fraction of sp³-hybridized carbons (Fsp3) is 0.938. The van der Waals surface area contributed by atoms with E-state index in [-0.39, 0.29) is 15.5 Å². The maximum Gasteiger partial charge on any atom is 0.319 e. The fourth-order valence-electron chi connectivity index (χ4n) is 4.84. The first kappa shape index (κ1) is 14.2. The largest absolute Gasteiger partial charge is 0.458 e. The van der Waals surface area contributed by atoms with Gasteiger partial charge in [0.2, 0.25) is 0 Å². The van der Waals surface area contributed by atoms with E-state index in [4.69, 9.17) is 4.74 Å². The van der Waals surface area contributed by atoms with E-state index in [0.717, 1.165) is 31.1 Å². The predicted octanol–water partition coefficient (Wildman–Crippen LogP) is 4.49. The molecule has 0 aliphatic heterocycles. The molecule has 0 N–H and O–H groups in total. The van der Waals surface area contributed by atoms with Gasteiger partial charge in [-0.15, -0.1) is 0 Å². The van der Waals surface area contributed by atoms with Crippen LogP contribution in [0.2, 0.25) is 0 Å². The highest BCUT2D eigenvalue weighted by Gasteiger charge is 2.53. The molecule has 2 nitrogen and oxygen atoms in total. The zero-order valence-corrected chi connectivity index (χ0v) is 14.0. The third-order valence-corrected chi connectivity index (χ3v) is 7.17. The Kier molecular flexibility index (Phi) is 4.12. The predicted molar refractivity (Wildman–Crippen MR) is 84.3 cm³/mol. The Hall–Kier alpha value is 0.200. The molecule has 2 bridgehead atoms. The highest BCUT2D eigenvalue weighted by molar-refractivity contribution is 14.1. The number of alkyl halides is 1. The van der Waals surface area contributed by atoms with Crippen LogP contribution in [0.25, 0.3) is 0 Å². The van der Waals surface area contributed by atoms with Crippen molar-refractivity contribution in [2.45, 2.75) is 74.2 Å². The molecule has 0 saturated heterocycles. The second-order valence-electron chi connectivity index (χ2n) is 6.85. The molecule has 0 spiro atoms. The molecular weight excluding hydrogens is 351 g/mol. The number of carbonyl (C=O) groups is 1. The first-order valence-corrected chi connectivity index (χ1v) is 9.26. The lowest BCUT2D eigenvalue weighted by atomic mass is 9.75. The molecular formula is C16H25IO2. The van der Waals surface area contributed by atoms with Gasteiger partial charge in [0.15, 0.2) is 0 Å². The smallest absolute Gasteiger partial charge is 0.319 e. The van der Waals surface area contributed by atoms with Crippen LogP contribution < -0.4 is 0 Å². The normalized spacial score (nSPS) is 37.5. The van der Waals surface area contributed by atoms with Crippen molar-refractivity contribution in [1.29, 1.82) is 0 Å². The number of ether oxygens (including phenoxy) is 1. The molecule has 3 aliphatic carbocycles. The third-order valence-electron chi connectivity index (χ3n) is 5.78. The van der Waals surface area contributed by atoms with E-state index >= 15 is 0 Å². The number of rotatable bonds is 4. The Balaban J connectivity index is 1.74. The van der Waals surface area contributed by atoms with Crippen molar-refractivity contribution >= 4 is 28.6 Å². The first-order valence-electron chi connectivity index (χ1n) is 8.01. The van der Waals surface area contributed by atoms with Crippen molar-refractivity contribution in [2.24, 2.45) is 17.8 Å². The van der Waals surface area contributed by atoms with E-state index < -0.39 is 0 Å². The molecule has 3 heteroatoms. The van der Waals surface area contributed by atoms with Gasteiger partial charge in [-0.1, -0.05) is 35.9 Å². The molecule has 0 radical (unpaired) electrons. The van der Waals surface area contributed by atoms with E-state index in [1.54, 1.807) is 0 Å². The van der Waals surface area contributed by atoms with E-state index in [1.807, 2.05) is 0 Å². The van der Waals surface area contributed by atoms with Crippen LogP contribution in [-0.4, -0.2) is 15.5 Å². The van der Waals surface area contributed by atoms with Crippen LogP contribution in [0.1, 0.15) is 64.7 Å². The molecule has 4 atom stereocenters. The van der Waals surface area contributed by atoms with Crippen molar-refractivity contribution in [2.75, 3.05) is 0 Å². The summed E-state index contributed by atoms with van der Waals surface area (Å²) in [5.74, 6) is 2.52. The van der Waals surface area contributed by atoms with Crippen molar-refractivity contribution in [3.8, 4) is 0 Å². The van der Waals surface area contributed by atoms with E-state index in [9.17, 15) is 4.79 Å².